The fraction of sp³-hybridized carbons (Fsp3) is 0.0612. The highest BCUT2D eigenvalue weighted by Gasteiger charge is 2.36. The summed E-state index contributed by atoms with van der Waals surface area (Å²) in [4.78, 5) is 2.44. The summed E-state index contributed by atoms with van der Waals surface area (Å²) >= 11 is 0. The fourth-order valence-electron chi connectivity index (χ4n) is 8.86. The first kappa shape index (κ1) is 29.2. The summed E-state index contributed by atoms with van der Waals surface area (Å²) < 4.78 is 13.1. The lowest BCUT2D eigenvalue weighted by Crippen LogP contribution is -2.17. The van der Waals surface area contributed by atoms with Crippen molar-refractivity contribution in [2.24, 2.45) is 0 Å². The molecule has 1 aliphatic rings. The Bertz CT molecular complexity index is 3070. The molecule has 0 aliphatic heterocycles. The molecule has 1 aliphatic carbocycles. The molecule has 2 heterocycles. The molecule has 0 bridgehead atoms. The Balaban J connectivity index is 1.21. The zero-order valence-corrected chi connectivity index (χ0v) is 28.9. The third-order valence-electron chi connectivity index (χ3n) is 11.3. The van der Waals surface area contributed by atoms with Crippen molar-refractivity contribution in [2.45, 2.75) is 19.3 Å². The van der Waals surface area contributed by atoms with Gasteiger partial charge in [-0.25, -0.2) is 0 Å². The summed E-state index contributed by atoms with van der Waals surface area (Å²) in [5.41, 5.74) is 14.2. The van der Waals surface area contributed by atoms with Gasteiger partial charge in [-0.05, 0) is 81.7 Å². The number of hydrogen-bond donors (Lipinski definition) is 0. The Morgan fingerprint density at radius 2 is 1.08 bits per heavy atom. The van der Waals surface area contributed by atoms with Crippen LogP contribution in [0.15, 0.2) is 173 Å². The van der Waals surface area contributed by atoms with Crippen molar-refractivity contribution in [1.29, 1.82) is 0 Å². The van der Waals surface area contributed by atoms with Crippen LogP contribution in [-0.4, -0.2) is 0 Å². The van der Waals surface area contributed by atoms with Crippen LogP contribution in [0, 0.1) is 0 Å². The van der Waals surface area contributed by atoms with E-state index in [1.54, 1.807) is 0 Å². The first-order chi connectivity index (χ1) is 25.6. The molecule has 0 radical (unpaired) electrons. The number of benzene rings is 8. The molecule has 0 saturated heterocycles. The highest BCUT2D eigenvalue weighted by atomic mass is 16.3. The average molecular weight is 668 g/mol. The van der Waals surface area contributed by atoms with E-state index in [1.165, 1.54) is 27.6 Å². The SMILES string of the molecule is CC1(C)c2ccccc2-c2ccc(N(c3ccccc3-c3cccc4oc5c6ccccc6ccc5c34)c3cccc4oc5ccccc5c34)cc21. The first-order valence-corrected chi connectivity index (χ1v) is 17.9. The number of para-hydroxylation sites is 2. The molecule has 0 atom stereocenters. The number of anilines is 3. The van der Waals surface area contributed by atoms with Gasteiger partial charge in [-0.3, -0.25) is 0 Å². The van der Waals surface area contributed by atoms with Crippen LogP contribution in [0.2, 0.25) is 0 Å². The van der Waals surface area contributed by atoms with E-state index < -0.39 is 0 Å². The Morgan fingerprint density at radius 1 is 0.423 bits per heavy atom. The second-order valence-corrected chi connectivity index (χ2v) is 14.4. The van der Waals surface area contributed by atoms with Crippen LogP contribution in [0.4, 0.5) is 17.1 Å². The second-order valence-electron chi connectivity index (χ2n) is 14.4. The first-order valence-electron chi connectivity index (χ1n) is 17.9. The number of rotatable bonds is 4. The summed E-state index contributed by atoms with van der Waals surface area (Å²) in [5.74, 6) is 0. The van der Waals surface area contributed by atoms with Gasteiger partial charge < -0.3 is 13.7 Å². The quantitative estimate of drug-likeness (QED) is 0.187. The average Bonchev–Trinajstić information content (AvgIpc) is 3.84. The van der Waals surface area contributed by atoms with Crippen molar-refractivity contribution in [1.82, 2.24) is 0 Å². The molecule has 2 aromatic heterocycles. The molecule has 3 nitrogen and oxygen atoms in total. The van der Waals surface area contributed by atoms with Crippen LogP contribution in [0.5, 0.6) is 0 Å². The normalized spacial score (nSPS) is 13.3. The predicted molar refractivity (Wildman–Crippen MR) is 216 cm³/mol. The van der Waals surface area contributed by atoms with Gasteiger partial charge in [-0.15, -0.1) is 0 Å². The molecule has 0 saturated carbocycles. The molecule has 0 spiro atoms. The zero-order valence-electron chi connectivity index (χ0n) is 28.9. The van der Waals surface area contributed by atoms with Crippen molar-refractivity contribution < 1.29 is 8.83 Å². The predicted octanol–water partition coefficient (Wildman–Crippen LogP) is 14.1. The smallest absolute Gasteiger partial charge is 0.143 e. The zero-order chi connectivity index (χ0) is 34.6. The second kappa shape index (κ2) is 10.7. The minimum atomic E-state index is -0.147. The van der Waals surface area contributed by atoms with Gasteiger partial charge in [0, 0.05) is 38.2 Å². The van der Waals surface area contributed by atoms with E-state index >= 15 is 0 Å². The summed E-state index contributed by atoms with van der Waals surface area (Å²) in [7, 11) is 0. The molecule has 52 heavy (non-hydrogen) atoms. The molecular formula is C49H33NO2. The van der Waals surface area contributed by atoms with Crippen LogP contribution in [0.1, 0.15) is 25.0 Å². The molecule has 246 valence electrons. The lowest BCUT2D eigenvalue weighted by atomic mass is 9.82. The number of fused-ring (bicyclic) bond motifs is 11. The van der Waals surface area contributed by atoms with Gasteiger partial charge in [0.2, 0.25) is 0 Å². The van der Waals surface area contributed by atoms with Crippen LogP contribution < -0.4 is 4.90 Å². The Hall–Kier alpha value is -6.58. The van der Waals surface area contributed by atoms with Gasteiger partial charge >= 0.3 is 0 Å². The van der Waals surface area contributed by atoms with Crippen LogP contribution in [-0.2, 0) is 5.41 Å². The van der Waals surface area contributed by atoms with Gasteiger partial charge in [0.05, 0.1) is 16.8 Å². The largest absolute Gasteiger partial charge is 0.456 e. The Morgan fingerprint density at radius 3 is 1.98 bits per heavy atom. The van der Waals surface area contributed by atoms with Crippen LogP contribution in [0.25, 0.3) is 76.9 Å². The van der Waals surface area contributed by atoms with E-state index in [9.17, 15) is 0 Å². The van der Waals surface area contributed by atoms with Crippen LogP contribution >= 0.6 is 0 Å². The minimum absolute atomic E-state index is 0.147. The monoisotopic (exact) mass is 667 g/mol. The van der Waals surface area contributed by atoms with E-state index in [2.05, 4.69) is 176 Å². The lowest BCUT2D eigenvalue weighted by molar-refractivity contribution is 0.660. The van der Waals surface area contributed by atoms with Crippen molar-refractivity contribution in [3.63, 3.8) is 0 Å². The van der Waals surface area contributed by atoms with Crippen molar-refractivity contribution in [3.8, 4) is 22.3 Å². The molecule has 8 aromatic carbocycles. The van der Waals surface area contributed by atoms with E-state index in [1.807, 2.05) is 6.07 Å². The number of hydrogen-bond acceptors (Lipinski definition) is 3. The highest BCUT2D eigenvalue weighted by molar-refractivity contribution is 6.20. The summed E-state index contributed by atoms with van der Waals surface area (Å²) in [6.07, 6.45) is 0. The Labute approximate surface area is 301 Å². The molecule has 0 fully saturated rings. The molecule has 11 rings (SSSR count). The van der Waals surface area contributed by atoms with Crippen LogP contribution in [0.3, 0.4) is 0 Å². The van der Waals surface area contributed by atoms with E-state index in [4.69, 9.17) is 8.83 Å². The summed E-state index contributed by atoms with van der Waals surface area (Å²) in [6.45, 7) is 4.69. The summed E-state index contributed by atoms with van der Waals surface area (Å²) in [6, 6.07) is 58.7. The van der Waals surface area contributed by atoms with E-state index in [0.29, 0.717) is 0 Å². The number of nitrogens with zero attached hydrogens (tertiary/aromatic N) is 1. The topological polar surface area (TPSA) is 29.5 Å². The van der Waals surface area contributed by atoms with Gasteiger partial charge in [0.25, 0.3) is 0 Å². The lowest BCUT2D eigenvalue weighted by Gasteiger charge is -2.30. The van der Waals surface area contributed by atoms with E-state index in [0.717, 1.165) is 77.5 Å². The standard InChI is InChI=1S/C49H33NO2/c1-49(2)39-19-8-5-15-33(39)34-28-26-31(29-40(34)49)50(42-21-12-24-45-47(42)37-17-7-10-22-43(37)51-45)41-20-9-6-16-35(41)36-18-11-23-44-46(36)38-27-25-30-13-3-4-14-32(30)48(38)52-44/h3-29H,1-2H3. The molecule has 0 unspecified atom stereocenters. The van der Waals surface area contributed by atoms with Crippen molar-refractivity contribution in [3.05, 3.63) is 175 Å². The third kappa shape index (κ3) is 4.02. The van der Waals surface area contributed by atoms with Gasteiger partial charge in [0.15, 0.2) is 0 Å². The maximum absolute atomic E-state index is 6.67. The number of furan rings is 2. The maximum atomic E-state index is 6.67. The fourth-order valence-corrected chi connectivity index (χ4v) is 8.86. The molecule has 0 N–H and O–H groups in total. The molecular weight excluding hydrogens is 635 g/mol. The van der Waals surface area contributed by atoms with E-state index in [-0.39, 0.29) is 5.41 Å². The molecule has 10 aromatic rings. The highest BCUT2D eigenvalue weighted by Crippen LogP contribution is 2.53. The van der Waals surface area contributed by atoms with Gasteiger partial charge in [-0.2, -0.15) is 0 Å². The van der Waals surface area contributed by atoms with Gasteiger partial charge in [0.1, 0.15) is 22.3 Å². The molecule has 0 amide bonds. The Kier molecular flexibility index (Phi) is 6.01. The van der Waals surface area contributed by atoms with Crippen molar-refractivity contribution >= 4 is 71.7 Å². The van der Waals surface area contributed by atoms with Gasteiger partial charge in [-0.1, -0.05) is 129 Å². The molecule has 3 heteroatoms. The maximum Gasteiger partial charge on any atom is 0.143 e. The summed E-state index contributed by atoms with van der Waals surface area (Å²) in [5, 5.41) is 6.72. The van der Waals surface area contributed by atoms with Crippen molar-refractivity contribution in [2.75, 3.05) is 4.90 Å². The third-order valence-corrected chi connectivity index (χ3v) is 11.3. The minimum Gasteiger partial charge on any atom is -0.456 e.